The van der Waals surface area contributed by atoms with Gasteiger partial charge in [-0.15, -0.1) is 11.8 Å². The fourth-order valence-electron chi connectivity index (χ4n) is 3.43. The van der Waals surface area contributed by atoms with Gasteiger partial charge in [0.1, 0.15) is 0 Å². The van der Waals surface area contributed by atoms with Crippen molar-refractivity contribution in [3.63, 3.8) is 0 Å². The summed E-state index contributed by atoms with van der Waals surface area (Å²) in [5.41, 5.74) is 0. The molecule has 5 heteroatoms. The fraction of sp³-hybridized carbons (Fsp3) is 1.00. The van der Waals surface area contributed by atoms with Crippen LogP contribution < -0.4 is 0 Å². The molecule has 0 bridgehead atoms. The Morgan fingerprint density at radius 2 is 1.77 bits per heavy atom. The van der Waals surface area contributed by atoms with Gasteiger partial charge in [0, 0.05) is 51.2 Å². The maximum atomic E-state index is 6.05. The first-order valence-corrected chi connectivity index (χ1v) is 10.2. The van der Waals surface area contributed by atoms with Gasteiger partial charge in [0.2, 0.25) is 0 Å². The lowest BCUT2D eigenvalue weighted by Crippen LogP contribution is -2.49. The third-order valence-electron chi connectivity index (χ3n) is 4.88. The smallest absolute Gasteiger partial charge is 0.0605 e. The molecule has 2 aliphatic rings. The van der Waals surface area contributed by atoms with E-state index in [1.165, 1.54) is 51.4 Å². The van der Waals surface area contributed by atoms with Crippen LogP contribution in [0.2, 0.25) is 0 Å². The minimum atomic E-state index is 0.511. The Balaban J connectivity index is 1.49. The molecule has 130 valence electrons. The topological polar surface area (TPSA) is 19.0 Å². The predicted molar refractivity (Wildman–Crippen MR) is 96.6 cm³/mol. The Kier molecular flexibility index (Phi) is 7.98. The van der Waals surface area contributed by atoms with Crippen molar-refractivity contribution in [1.29, 1.82) is 0 Å². The van der Waals surface area contributed by atoms with Crippen molar-refractivity contribution < 1.29 is 4.74 Å². The van der Waals surface area contributed by atoms with Gasteiger partial charge in [-0.25, -0.2) is 0 Å². The number of ether oxygens (including phenoxy) is 1. The van der Waals surface area contributed by atoms with Crippen molar-refractivity contribution in [3.05, 3.63) is 0 Å². The van der Waals surface area contributed by atoms with E-state index < -0.39 is 0 Å². The van der Waals surface area contributed by atoms with Crippen LogP contribution in [0.3, 0.4) is 0 Å². The minimum absolute atomic E-state index is 0.511. The molecule has 0 aromatic carbocycles. The van der Waals surface area contributed by atoms with E-state index in [2.05, 4.69) is 41.9 Å². The minimum Gasteiger partial charge on any atom is -0.377 e. The third kappa shape index (κ3) is 6.00. The van der Waals surface area contributed by atoms with Crippen LogP contribution in [-0.2, 0) is 4.74 Å². The highest BCUT2D eigenvalue weighted by atomic mass is 32.2. The van der Waals surface area contributed by atoms with Gasteiger partial charge in [0.25, 0.3) is 0 Å². The summed E-state index contributed by atoms with van der Waals surface area (Å²) >= 11 is 1.93. The molecule has 0 aromatic heterocycles. The van der Waals surface area contributed by atoms with Crippen molar-refractivity contribution in [2.24, 2.45) is 5.92 Å². The molecule has 0 radical (unpaired) electrons. The number of piperazine rings is 1. The van der Waals surface area contributed by atoms with E-state index in [1.807, 2.05) is 11.8 Å². The van der Waals surface area contributed by atoms with Gasteiger partial charge in [0.05, 0.1) is 12.7 Å². The van der Waals surface area contributed by atoms with E-state index in [0.29, 0.717) is 6.10 Å². The number of rotatable bonds is 9. The van der Waals surface area contributed by atoms with Crippen molar-refractivity contribution in [3.8, 4) is 0 Å². The molecular weight excluding hydrogens is 294 g/mol. The normalized spacial score (nSPS) is 27.5. The molecular formula is C17H35N3OS. The van der Waals surface area contributed by atoms with Crippen molar-refractivity contribution in [2.75, 3.05) is 65.1 Å². The second-order valence-electron chi connectivity index (χ2n) is 7.33. The van der Waals surface area contributed by atoms with E-state index in [4.69, 9.17) is 4.74 Å². The Labute approximate surface area is 141 Å². The average Bonchev–Trinajstić information content (AvgIpc) is 2.42. The molecule has 0 atom stereocenters. The Hall–Kier alpha value is 0.190. The van der Waals surface area contributed by atoms with Gasteiger partial charge in [-0.05, 0) is 32.1 Å². The van der Waals surface area contributed by atoms with E-state index in [1.54, 1.807) is 0 Å². The molecule has 1 aliphatic carbocycles. The summed E-state index contributed by atoms with van der Waals surface area (Å²) in [7, 11) is 2.26. The van der Waals surface area contributed by atoms with Crippen LogP contribution in [0.5, 0.6) is 0 Å². The van der Waals surface area contributed by atoms with E-state index in [9.17, 15) is 0 Å². The molecule has 0 N–H and O–H groups in total. The lowest BCUT2D eigenvalue weighted by molar-refractivity contribution is -0.0539. The van der Waals surface area contributed by atoms with Crippen molar-refractivity contribution in [1.82, 2.24) is 14.7 Å². The summed E-state index contributed by atoms with van der Waals surface area (Å²) in [6, 6.07) is 0.752. The average molecular weight is 330 g/mol. The quantitative estimate of drug-likeness (QED) is 0.643. The molecule has 2 fully saturated rings. The maximum Gasteiger partial charge on any atom is 0.0605 e. The highest BCUT2D eigenvalue weighted by molar-refractivity contribution is 7.98. The Bertz CT molecular complexity index is 302. The first-order chi connectivity index (χ1) is 10.6. The van der Waals surface area contributed by atoms with Crippen LogP contribution >= 0.6 is 11.8 Å². The summed E-state index contributed by atoms with van der Waals surface area (Å²) in [5, 5.41) is 0. The van der Waals surface area contributed by atoms with Gasteiger partial charge in [-0.1, -0.05) is 13.8 Å². The van der Waals surface area contributed by atoms with Gasteiger partial charge in [0.15, 0.2) is 0 Å². The third-order valence-corrected chi connectivity index (χ3v) is 5.51. The highest BCUT2D eigenvalue weighted by Crippen LogP contribution is 2.27. The fourth-order valence-corrected chi connectivity index (χ4v) is 4.06. The lowest BCUT2D eigenvalue weighted by Gasteiger charge is -2.42. The van der Waals surface area contributed by atoms with Crippen molar-refractivity contribution >= 4 is 11.8 Å². The molecule has 1 saturated heterocycles. The molecule has 2 rings (SSSR count). The van der Waals surface area contributed by atoms with E-state index in [0.717, 1.165) is 25.1 Å². The largest absolute Gasteiger partial charge is 0.377 e. The van der Waals surface area contributed by atoms with Crippen LogP contribution in [0.15, 0.2) is 0 Å². The summed E-state index contributed by atoms with van der Waals surface area (Å²) in [4.78, 5) is 7.61. The SMILES string of the molecule is CSCN1CCN(CCO[C@H]2C[C@H](N(C)CC(C)C)C2)CC1. The second-order valence-corrected chi connectivity index (χ2v) is 8.16. The number of hydrogen-bond donors (Lipinski definition) is 0. The number of hydrogen-bond acceptors (Lipinski definition) is 5. The standard InChI is InChI=1S/C17H35N3OS/c1-15(2)13-18(3)16-11-17(12-16)21-10-9-19-5-7-20(8-6-19)14-22-4/h15-17H,5-14H2,1-4H3/t16-,17-. The molecule has 4 nitrogen and oxygen atoms in total. The van der Waals surface area contributed by atoms with E-state index in [-0.39, 0.29) is 0 Å². The predicted octanol–water partition coefficient (Wildman–Crippen LogP) is 2.06. The molecule has 0 spiro atoms. The van der Waals surface area contributed by atoms with Crippen LogP contribution in [0.1, 0.15) is 26.7 Å². The second kappa shape index (κ2) is 9.48. The van der Waals surface area contributed by atoms with Gasteiger partial charge in [-0.3, -0.25) is 9.80 Å². The molecule has 0 aromatic rings. The molecule has 0 unspecified atom stereocenters. The van der Waals surface area contributed by atoms with Gasteiger partial charge in [-0.2, -0.15) is 0 Å². The van der Waals surface area contributed by atoms with Crippen LogP contribution in [0, 0.1) is 5.92 Å². The Morgan fingerprint density at radius 3 is 2.36 bits per heavy atom. The first-order valence-electron chi connectivity index (χ1n) is 8.84. The Morgan fingerprint density at radius 1 is 1.14 bits per heavy atom. The van der Waals surface area contributed by atoms with E-state index >= 15 is 0 Å². The van der Waals surface area contributed by atoms with Crippen molar-refractivity contribution in [2.45, 2.75) is 38.8 Å². The lowest BCUT2D eigenvalue weighted by atomic mass is 9.87. The summed E-state index contributed by atoms with van der Waals surface area (Å²) < 4.78 is 6.05. The van der Waals surface area contributed by atoms with Crippen LogP contribution in [0.25, 0.3) is 0 Å². The molecule has 1 saturated carbocycles. The first kappa shape index (κ1) is 18.5. The van der Waals surface area contributed by atoms with Crippen LogP contribution in [0.4, 0.5) is 0 Å². The van der Waals surface area contributed by atoms with Gasteiger partial charge >= 0.3 is 0 Å². The van der Waals surface area contributed by atoms with Crippen LogP contribution in [-0.4, -0.2) is 91.9 Å². The number of thioether (sulfide) groups is 1. The highest BCUT2D eigenvalue weighted by Gasteiger charge is 2.32. The molecule has 0 amide bonds. The zero-order chi connectivity index (χ0) is 15.9. The monoisotopic (exact) mass is 329 g/mol. The van der Waals surface area contributed by atoms with Gasteiger partial charge < -0.3 is 9.64 Å². The zero-order valence-electron chi connectivity index (χ0n) is 15.0. The molecule has 1 heterocycles. The molecule has 22 heavy (non-hydrogen) atoms. The number of nitrogens with zero attached hydrogens (tertiary/aromatic N) is 3. The summed E-state index contributed by atoms with van der Waals surface area (Å²) in [6.45, 7) is 12.6. The maximum absolute atomic E-state index is 6.05. The zero-order valence-corrected chi connectivity index (χ0v) is 15.8. The summed E-state index contributed by atoms with van der Waals surface area (Å²) in [5.74, 6) is 1.94. The summed E-state index contributed by atoms with van der Waals surface area (Å²) in [6.07, 6.45) is 5.15. The molecule has 1 aliphatic heterocycles.